The quantitative estimate of drug-likeness (QED) is 0.497. The first-order valence-electron chi connectivity index (χ1n) is 4.20. The summed E-state index contributed by atoms with van der Waals surface area (Å²) in [5, 5.41) is 2.99. The maximum Gasteiger partial charge on any atom is 0.334 e. The zero-order valence-electron chi connectivity index (χ0n) is 8.02. The minimum atomic E-state index is -0.307. The van der Waals surface area contributed by atoms with Gasteiger partial charge in [0.1, 0.15) is 0 Å². The summed E-state index contributed by atoms with van der Waals surface area (Å²) in [6, 6.07) is 0.0315. The number of carbonyl (C=O) groups excluding carboxylic acids is 1. The van der Waals surface area contributed by atoms with Crippen LogP contribution in [0.3, 0.4) is 0 Å². The van der Waals surface area contributed by atoms with E-state index >= 15 is 0 Å². The van der Waals surface area contributed by atoms with Crippen molar-refractivity contribution < 1.29 is 9.53 Å². The Morgan fingerprint density at radius 2 is 2.17 bits per heavy atom. The smallest absolute Gasteiger partial charge is 0.334 e. The number of ether oxygens (including phenoxy) is 1. The van der Waals surface area contributed by atoms with Gasteiger partial charge in [-0.1, -0.05) is 13.5 Å². The van der Waals surface area contributed by atoms with Gasteiger partial charge < -0.3 is 10.1 Å². The average Bonchev–Trinajstić information content (AvgIpc) is 2.07. The summed E-state index contributed by atoms with van der Waals surface area (Å²) in [7, 11) is 1.80. The van der Waals surface area contributed by atoms with Gasteiger partial charge in [-0.15, -0.1) is 0 Å². The summed E-state index contributed by atoms with van der Waals surface area (Å²) in [4.78, 5) is 11.1. The van der Waals surface area contributed by atoms with Crippen LogP contribution in [0.4, 0.5) is 0 Å². The van der Waals surface area contributed by atoms with Crippen LogP contribution in [-0.4, -0.2) is 25.7 Å². The number of esters is 1. The van der Waals surface area contributed by atoms with Crippen LogP contribution >= 0.6 is 0 Å². The highest BCUT2D eigenvalue weighted by Crippen LogP contribution is 2.05. The van der Waals surface area contributed by atoms with Gasteiger partial charge in [-0.25, -0.2) is 4.79 Å². The molecule has 0 aliphatic carbocycles. The molecule has 0 aromatic rings. The molecule has 0 spiro atoms. The van der Waals surface area contributed by atoms with Gasteiger partial charge in [0, 0.05) is 11.6 Å². The Morgan fingerprint density at radius 3 is 2.50 bits per heavy atom. The van der Waals surface area contributed by atoms with E-state index in [2.05, 4.69) is 11.9 Å². The SMILES string of the molecule is C=C(C(=O)OCC)C(CC)NC. The van der Waals surface area contributed by atoms with Crippen LogP contribution in [0.15, 0.2) is 12.2 Å². The largest absolute Gasteiger partial charge is 0.463 e. The summed E-state index contributed by atoms with van der Waals surface area (Å²) in [5.41, 5.74) is 0.502. The van der Waals surface area contributed by atoms with E-state index in [0.717, 1.165) is 6.42 Å². The molecule has 0 aliphatic rings. The fraction of sp³-hybridized carbons (Fsp3) is 0.667. The van der Waals surface area contributed by atoms with Gasteiger partial charge in [0.15, 0.2) is 0 Å². The second-order valence-corrected chi connectivity index (χ2v) is 2.50. The van der Waals surface area contributed by atoms with Gasteiger partial charge in [0.05, 0.1) is 6.61 Å². The normalized spacial score (nSPS) is 12.2. The lowest BCUT2D eigenvalue weighted by atomic mass is 10.1. The molecule has 0 aromatic heterocycles. The number of hydrogen-bond acceptors (Lipinski definition) is 3. The summed E-state index contributed by atoms with van der Waals surface area (Å²) in [6.45, 7) is 7.85. The van der Waals surface area contributed by atoms with Gasteiger partial charge >= 0.3 is 5.97 Å². The molecule has 70 valence electrons. The van der Waals surface area contributed by atoms with Gasteiger partial charge in [-0.3, -0.25) is 0 Å². The summed E-state index contributed by atoms with van der Waals surface area (Å²) in [5.74, 6) is -0.307. The van der Waals surface area contributed by atoms with Crippen molar-refractivity contribution >= 4 is 5.97 Å². The highest BCUT2D eigenvalue weighted by molar-refractivity contribution is 5.89. The van der Waals surface area contributed by atoms with Crippen molar-refractivity contribution in [3.8, 4) is 0 Å². The molecule has 0 amide bonds. The van der Waals surface area contributed by atoms with E-state index in [0.29, 0.717) is 12.2 Å². The zero-order valence-corrected chi connectivity index (χ0v) is 8.02. The van der Waals surface area contributed by atoms with Gasteiger partial charge in [-0.05, 0) is 20.4 Å². The molecule has 0 aromatic carbocycles. The minimum Gasteiger partial charge on any atom is -0.463 e. The van der Waals surface area contributed by atoms with E-state index in [-0.39, 0.29) is 12.0 Å². The molecule has 3 heteroatoms. The Morgan fingerprint density at radius 1 is 1.58 bits per heavy atom. The van der Waals surface area contributed by atoms with E-state index < -0.39 is 0 Å². The predicted molar refractivity (Wildman–Crippen MR) is 48.9 cm³/mol. The molecule has 0 aliphatic heterocycles. The standard InChI is InChI=1S/C9H17NO2/c1-5-8(10-4)7(3)9(11)12-6-2/h8,10H,3,5-6H2,1-2,4H3. The molecule has 1 N–H and O–H groups in total. The molecule has 0 bridgehead atoms. The van der Waals surface area contributed by atoms with Crippen LogP contribution < -0.4 is 5.32 Å². The molecule has 0 saturated carbocycles. The lowest BCUT2D eigenvalue weighted by Crippen LogP contribution is -2.30. The fourth-order valence-electron chi connectivity index (χ4n) is 0.991. The lowest BCUT2D eigenvalue weighted by molar-refractivity contribution is -0.138. The molecule has 0 fully saturated rings. The van der Waals surface area contributed by atoms with E-state index in [1.807, 2.05) is 6.92 Å². The number of likely N-dealkylation sites (N-methyl/N-ethyl adjacent to an activating group) is 1. The van der Waals surface area contributed by atoms with Gasteiger partial charge in [0.25, 0.3) is 0 Å². The Kier molecular flexibility index (Phi) is 5.37. The van der Waals surface area contributed by atoms with Crippen LogP contribution in [0.2, 0.25) is 0 Å². The predicted octanol–water partition coefficient (Wildman–Crippen LogP) is 1.10. The number of rotatable bonds is 5. The van der Waals surface area contributed by atoms with Crippen molar-refractivity contribution in [3.63, 3.8) is 0 Å². The summed E-state index contributed by atoms with van der Waals surface area (Å²) in [6.07, 6.45) is 0.841. The van der Waals surface area contributed by atoms with E-state index in [1.165, 1.54) is 0 Å². The van der Waals surface area contributed by atoms with E-state index in [4.69, 9.17) is 4.74 Å². The molecule has 0 rings (SSSR count). The summed E-state index contributed by atoms with van der Waals surface area (Å²) < 4.78 is 4.81. The molecule has 1 unspecified atom stereocenters. The molecule has 1 atom stereocenters. The monoisotopic (exact) mass is 171 g/mol. The molecule has 0 heterocycles. The van der Waals surface area contributed by atoms with E-state index in [9.17, 15) is 4.79 Å². The zero-order chi connectivity index (χ0) is 9.56. The van der Waals surface area contributed by atoms with Crippen LogP contribution in [0.25, 0.3) is 0 Å². The maximum atomic E-state index is 11.1. The first kappa shape index (κ1) is 11.2. The van der Waals surface area contributed by atoms with Crippen LogP contribution in [0.5, 0.6) is 0 Å². The van der Waals surface area contributed by atoms with Crippen molar-refractivity contribution in [1.29, 1.82) is 0 Å². The first-order valence-corrected chi connectivity index (χ1v) is 4.20. The van der Waals surface area contributed by atoms with Crippen LogP contribution in [-0.2, 0) is 9.53 Å². The minimum absolute atomic E-state index is 0.0315. The molecular formula is C9H17NO2. The van der Waals surface area contributed by atoms with Crippen molar-refractivity contribution in [2.75, 3.05) is 13.7 Å². The number of nitrogens with one attached hydrogen (secondary N) is 1. The average molecular weight is 171 g/mol. The number of carbonyl (C=O) groups is 1. The third kappa shape index (κ3) is 3.05. The van der Waals surface area contributed by atoms with Gasteiger partial charge in [0.2, 0.25) is 0 Å². The van der Waals surface area contributed by atoms with Crippen LogP contribution in [0, 0.1) is 0 Å². The third-order valence-corrected chi connectivity index (χ3v) is 1.71. The lowest BCUT2D eigenvalue weighted by Gasteiger charge is -2.15. The van der Waals surface area contributed by atoms with Crippen molar-refractivity contribution in [2.24, 2.45) is 0 Å². The van der Waals surface area contributed by atoms with Crippen LogP contribution in [0.1, 0.15) is 20.3 Å². The fourth-order valence-corrected chi connectivity index (χ4v) is 0.991. The second kappa shape index (κ2) is 5.77. The Balaban J connectivity index is 4.07. The molecular weight excluding hydrogens is 154 g/mol. The Hall–Kier alpha value is -0.830. The topological polar surface area (TPSA) is 38.3 Å². The highest BCUT2D eigenvalue weighted by atomic mass is 16.5. The first-order chi connectivity index (χ1) is 5.67. The second-order valence-electron chi connectivity index (χ2n) is 2.50. The molecule has 12 heavy (non-hydrogen) atoms. The molecule has 0 radical (unpaired) electrons. The highest BCUT2D eigenvalue weighted by Gasteiger charge is 2.15. The maximum absolute atomic E-state index is 11.1. The van der Waals surface area contributed by atoms with Crippen molar-refractivity contribution in [1.82, 2.24) is 5.32 Å². The van der Waals surface area contributed by atoms with Gasteiger partial charge in [-0.2, -0.15) is 0 Å². The Bertz CT molecular complexity index is 162. The van der Waals surface area contributed by atoms with Crippen molar-refractivity contribution in [2.45, 2.75) is 26.3 Å². The third-order valence-electron chi connectivity index (χ3n) is 1.71. The summed E-state index contributed by atoms with van der Waals surface area (Å²) >= 11 is 0. The van der Waals surface area contributed by atoms with Crippen molar-refractivity contribution in [3.05, 3.63) is 12.2 Å². The Labute approximate surface area is 73.8 Å². The molecule has 3 nitrogen and oxygen atoms in total. The number of hydrogen-bond donors (Lipinski definition) is 1. The molecule has 0 saturated heterocycles. The van der Waals surface area contributed by atoms with E-state index in [1.54, 1.807) is 14.0 Å².